The summed E-state index contributed by atoms with van der Waals surface area (Å²) >= 11 is 0. The molecule has 4 aromatic carbocycles. The molecule has 0 spiro atoms. The van der Waals surface area contributed by atoms with Crippen LogP contribution < -0.4 is 0 Å². The van der Waals surface area contributed by atoms with Crippen molar-refractivity contribution < 1.29 is 9.47 Å². The van der Waals surface area contributed by atoms with Gasteiger partial charge in [-0.1, -0.05) is 84.9 Å². The first-order valence-electron chi connectivity index (χ1n) is 9.53. The standard InChI is InChI=1S/C26H22O2/c1-27-25(21-13-5-3-6-14-21)23-17-19-11-9-10-12-20(19)18-24(23)26(25,28-2)22-15-7-4-8-16-22/h3-18H,1-2H3. The van der Waals surface area contributed by atoms with Crippen LogP contribution in [0.1, 0.15) is 22.3 Å². The van der Waals surface area contributed by atoms with Crippen molar-refractivity contribution in [3.63, 3.8) is 0 Å². The van der Waals surface area contributed by atoms with Crippen molar-refractivity contribution in [2.75, 3.05) is 14.2 Å². The van der Waals surface area contributed by atoms with E-state index < -0.39 is 11.2 Å². The second kappa shape index (κ2) is 6.30. The highest BCUT2D eigenvalue weighted by atomic mass is 16.6. The molecule has 1 aliphatic carbocycles. The van der Waals surface area contributed by atoms with Gasteiger partial charge in [-0.05, 0) is 45.2 Å². The molecule has 4 aromatic rings. The number of hydrogen-bond donors (Lipinski definition) is 0. The number of fused-ring (bicyclic) bond motifs is 2. The Morgan fingerprint density at radius 1 is 0.500 bits per heavy atom. The first-order valence-corrected chi connectivity index (χ1v) is 9.53. The van der Waals surface area contributed by atoms with Crippen LogP contribution in [-0.4, -0.2) is 14.2 Å². The van der Waals surface area contributed by atoms with E-state index >= 15 is 0 Å². The number of rotatable bonds is 4. The fourth-order valence-corrected chi connectivity index (χ4v) is 4.95. The highest BCUT2D eigenvalue weighted by molar-refractivity contribution is 5.87. The van der Waals surface area contributed by atoms with Gasteiger partial charge in [-0.3, -0.25) is 0 Å². The maximum atomic E-state index is 6.37. The maximum Gasteiger partial charge on any atom is 0.155 e. The topological polar surface area (TPSA) is 18.5 Å². The first-order chi connectivity index (χ1) is 13.8. The summed E-state index contributed by atoms with van der Waals surface area (Å²) in [6.45, 7) is 0. The van der Waals surface area contributed by atoms with E-state index in [1.807, 2.05) is 12.1 Å². The van der Waals surface area contributed by atoms with Gasteiger partial charge in [-0.2, -0.15) is 0 Å². The molecular formula is C26H22O2. The summed E-state index contributed by atoms with van der Waals surface area (Å²) in [7, 11) is 3.56. The molecule has 0 fully saturated rings. The SMILES string of the molecule is COC1(c2ccccc2)c2cc3ccccc3cc2C1(OC)c1ccccc1. The van der Waals surface area contributed by atoms with Crippen LogP contribution in [0.4, 0.5) is 0 Å². The van der Waals surface area contributed by atoms with Crippen LogP contribution in [-0.2, 0) is 20.7 Å². The molecule has 0 amide bonds. The van der Waals surface area contributed by atoms with Crippen LogP contribution >= 0.6 is 0 Å². The van der Waals surface area contributed by atoms with E-state index in [1.54, 1.807) is 14.2 Å². The van der Waals surface area contributed by atoms with Crippen molar-refractivity contribution in [1.82, 2.24) is 0 Å². The highest BCUT2D eigenvalue weighted by Gasteiger charge is 2.66. The molecule has 0 bridgehead atoms. The van der Waals surface area contributed by atoms with Crippen LogP contribution in [0.25, 0.3) is 10.8 Å². The third-order valence-corrected chi connectivity index (χ3v) is 6.11. The molecule has 5 rings (SSSR count). The number of ether oxygens (including phenoxy) is 2. The molecule has 138 valence electrons. The second-order valence-electron chi connectivity index (χ2n) is 7.25. The molecule has 0 heterocycles. The molecule has 2 nitrogen and oxygen atoms in total. The van der Waals surface area contributed by atoms with Gasteiger partial charge < -0.3 is 9.47 Å². The monoisotopic (exact) mass is 366 g/mol. The van der Waals surface area contributed by atoms with Gasteiger partial charge in [0.25, 0.3) is 0 Å². The Hall–Kier alpha value is -2.94. The minimum Gasteiger partial charge on any atom is -0.365 e. The molecule has 1 aliphatic rings. The zero-order valence-corrected chi connectivity index (χ0v) is 16.1. The number of methoxy groups -OCH3 is 2. The average Bonchev–Trinajstić information content (AvgIpc) is 2.77. The molecule has 2 heteroatoms. The Kier molecular flexibility index (Phi) is 3.87. The zero-order chi connectivity index (χ0) is 19.2. The van der Waals surface area contributed by atoms with E-state index in [0.717, 1.165) is 22.3 Å². The summed E-state index contributed by atoms with van der Waals surface area (Å²) in [6.07, 6.45) is 0. The normalized spacial score (nSPS) is 23.2. The first kappa shape index (κ1) is 17.2. The van der Waals surface area contributed by atoms with Crippen LogP contribution in [0.2, 0.25) is 0 Å². The largest absolute Gasteiger partial charge is 0.365 e. The minimum absolute atomic E-state index is 0.719. The summed E-state index contributed by atoms with van der Waals surface area (Å²) in [5.41, 5.74) is 3.06. The Bertz CT molecular complexity index is 1040. The van der Waals surface area contributed by atoms with Crippen molar-refractivity contribution in [2.24, 2.45) is 0 Å². The summed E-state index contributed by atoms with van der Waals surface area (Å²) < 4.78 is 12.7. The van der Waals surface area contributed by atoms with Crippen LogP contribution in [0, 0.1) is 0 Å². The summed E-state index contributed by atoms with van der Waals surface area (Å²) in [5, 5.41) is 2.41. The van der Waals surface area contributed by atoms with Crippen molar-refractivity contribution in [3.05, 3.63) is 119 Å². The quantitative estimate of drug-likeness (QED) is 0.466. The molecular weight excluding hydrogens is 344 g/mol. The lowest BCUT2D eigenvalue weighted by molar-refractivity contribution is -0.181. The lowest BCUT2D eigenvalue weighted by Crippen LogP contribution is -2.62. The van der Waals surface area contributed by atoms with Gasteiger partial charge in [0.2, 0.25) is 0 Å². The summed E-state index contributed by atoms with van der Waals surface area (Å²) in [6, 6.07) is 33.7. The molecule has 0 saturated heterocycles. The van der Waals surface area contributed by atoms with E-state index in [2.05, 4.69) is 84.9 Å². The molecule has 0 radical (unpaired) electrons. The predicted octanol–water partition coefficient (Wildman–Crippen LogP) is 5.63. The Balaban J connectivity index is 1.91. The van der Waals surface area contributed by atoms with Crippen LogP contribution in [0.5, 0.6) is 0 Å². The van der Waals surface area contributed by atoms with Gasteiger partial charge in [-0.15, -0.1) is 0 Å². The maximum absolute atomic E-state index is 6.37. The molecule has 0 saturated carbocycles. The van der Waals surface area contributed by atoms with Crippen molar-refractivity contribution in [1.29, 1.82) is 0 Å². The van der Waals surface area contributed by atoms with Crippen LogP contribution in [0.15, 0.2) is 97.1 Å². The van der Waals surface area contributed by atoms with Gasteiger partial charge in [0.15, 0.2) is 11.2 Å². The van der Waals surface area contributed by atoms with Gasteiger partial charge >= 0.3 is 0 Å². The minimum atomic E-state index is -0.719. The zero-order valence-electron chi connectivity index (χ0n) is 16.1. The molecule has 0 N–H and O–H groups in total. The molecule has 0 aromatic heterocycles. The van der Waals surface area contributed by atoms with E-state index in [0.29, 0.717) is 0 Å². The van der Waals surface area contributed by atoms with E-state index in [-0.39, 0.29) is 0 Å². The highest BCUT2D eigenvalue weighted by Crippen LogP contribution is 2.64. The van der Waals surface area contributed by atoms with E-state index in [9.17, 15) is 0 Å². The van der Waals surface area contributed by atoms with Gasteiger partial charge in [0.1, 0.15) is 0 Å². The molecule has 2 unspecified atom stereocenters. The Morgan fingerprint density at radius 3 is 1.21 bits per heavy atom. The fourth-order valence-electron chi connectivity index (χ4n) is 4.95. The lowest BCUT2D eigenvalue weighted by Gasteiger charge is -2.58. The van der Waals surface area contributed by atoms with E-state index in [4.69, 9.17) is 9.47 Å². The summed E-state index contributed by atoms with van der Waals surface area (Å²) in [5.74, 6) is 0. The fraction of sp³-hybridized carbons (Fsp3) is 0.154. The van der Waals surface area contributed by atoms with Gasteiger partial charge in [0, 0.05) is 14.2 Å². The Labute approximate surface area is 165 Å². The van der Waals surface area contributed by atoms with Crippen LogP contribution in [0.3, 0.4) is 0 Å². The third kappa shape index (κ3) is 1.99. The third-order valence-electron chi connectivity index (χ3n) is 6.11. The molecule has 2 atom stereocenters. The smallest absolute Gasteiger partial charge is 0.155 e. The summed E-state index contributed by atoms with van der Waals surface area (Å²) in [4.78, 5) is 0. The van der Waals surface area contributed by atoms with Gasteiger partial charge in [0.05, 0.1) is 0 Å². The number of benzene rings is 4. The molecule has 0 aliphatic heterocycles. The van der Waals surface area contributed by atoms with Gasteiger partial charge in [-0.25, -0.2) is 0 Å². The van der Waals surface area contributed by atoms with Crippen molar-refractivity contribution in [3.8, 4) is 0 Å². The van der Waals surface area contributed by atoms with E-state index in [1.165, 1.54) is 10.8 Å². The van der Waals surface area contributed by atoms with Crippen molar-refractivity contribution >= 4 is 10.8 Å². The predicted molar refractivity (Wildman–Crippen MR) is 112 cm³/mol. The second-order valence-corrected chi connectivity index (χ2v) is 7.25. The average molecular weight is 366 g/mol. The number of hydrogen-bond acceptors (Lipinski definition) is 2. The molecule has 28 heavy (non-hydrogen) atoms. The van der Waals surface area contributed by atoms with Crippen molar-refractivity contribution in [2.45, 2.75) is 11.2 Å². The lowest BCUT2D eigenvalue weighted by atomic mass is 9.54. The Morgan fingerprint density at radius 2 is 0.857 bits per heavy atom.